The predicted molar refractivity (Wildman–Crippen MR) is 459 cm³/mol. The topological polar surface area (TPSA) is 548 Å². The van der Waals surface area contributed by atoms with Crippen LogP contribution in [0.3, 0.4) is 0 Å². The summed E-state index contributed by atoms with van der Waals surface area (Å²) in [7, 11) is -1.59. The number of amides is 9. The number of esters is 2. The number of methoxy groups -OCH3 is 2. The number of hydrogen-bond donors (Lipinski definition) is 15. The van der Waals surface area contributed by atoms with Crippen molar-refractivity contribution in [3.63, 3.8) is 0 Å². The molecule has 5 aromatic rings. The van der Waals surface area contributed by atoms with E-state index in [1.54, 1.807) is 108 Å². The number of fused-ring (bicyclic) bond motifs is 3. The first kappa shape index (κ1) is 96.9. The van der Waals surface area contributed by atoms with E-state index in [9.17, 15) is 75.9 Å². The highest BCUT2D eigenvalue weighted by atomic mass is 32.2. The van der Waals surface area contributed by atoms with Gasteiger partial charge in [0, 0.05) is 31.8 Å². The van der Waals surface area contributed by atoms with Crippen LogP contribution in [0.4, 0.5) is 4.79 Å². The Labute approximate surface area is 720 Å². The lowest BCUT2D eigenvalue weighted by Crippen LogP contribution is -2.65. The van der Waals surface area contributed by atoms with Crippen LogP contribution in [0.25, 0.3) is 11.1 Å². The highest BCUT2D eigenvalue weighted by Crippen LogP contribution is 2.45. The molecule has 124 heavy (non-hydrogen) atoms. The second kappa shape index (κ2) is 45.5. The zero-order valence-electron chi connectivity index (χ0n) is 71.2. The molecule has 3 fully saturated rings. The van der Waals surface area contributed by atoms with Crippen molar-refractivity contribution < 1.29 is 94.8 Å². The van der Waals surface area contributed by atoms with Crippen molar-refractivity contribution in [2.24, 2.45) is 27.2 Å². The molecule has 1 heterocycles. The highest BCUT2D eigenvalue weighted by molar-refractivity contribution is 7.90. The van der Waals surface area contributed by atoms with E-state index in [1.807, 2.05) is 48.5 Å². The van der Waals surface area contributed by atoms with Gasteiger partial charge >= 0.3 is 24.0 Å². The highest BCUT2D eigenvalue weighted by Gasteiger charge is 2.46. The third-order valence-electron chi connectivity index (χ3n) is 21.8. The Morgan fingerprint density at radius 3 is 1.86 bits per heavy atom. The minimum atomic E-state index is -4.20. The van der Waals surface area contributed by atoms with Crippen LogP contribution in [-0.2, 0) is 94.6 Å². The van der Waals surface area contributed by atoms with Gasteiger partial charge in [-0.25, -0.2) is 22.7 Å². The number of carboxylic acid groups (broad SMARTS) is 1. The minimum absolute atomic E-state index is 0.00211. The van der Waals surface area contributed by atoms with Crippen molar-refractivity contribution in [1.82, 2.24) is 57.9 Å². The summed E-state index contributed by atoms with van der Waals surface area (Å²) in [5.41, 5.74) is 20.3. The summed E-state index contributed by atoms with van der Waals surface area (Å²) in [6.45, 7) is 8.55. The molecule has 6 atom stereocenters. The van der Waals surface area contributed by atoms with Gasteiger partial charge in [-0.2, -0.15) is 0 Å². The Kier molecular flexibility index (Phi) is 35.6. The van der Waals surface area contributed by atoms with Gasteiger partial charge in [0.15, 0.2) is 11.7 Å². The molecule has 9 amide bonds. The molecule has 36 nitrogen and oxygen atoms in total. The molecule has 5 aromatic carbocycles. The summed E-state index contributed by atoms with van der Waals surface area (Å²) in [6, 6.07) is 27.3. The quantitative estimate of drug-likeness (QED) is 0.00943. The SMILES string of the molecule is COC(=O)[C@H](CC(=O)OC(C)(C)C)NC(=O)[C@H](Cc1ccccc1)NC(=O)C1(NCC(=O)[C@H](CCCN=C(N)NS(=O)(=O)c2c(C)cc(OC)c(C)c2C)NC(=O)CNC(=O)OCC2c3ccccc3-c3ccccc32)CCCCC1.NC(N)=NCCC[C@@H]1NC(=O)CNC(=O)[C@H](CC(=O)O)NC(=O)[C@@H](Cc2ccccc2)NC(=O)C2(CCCCC2)NC1=O. The van der Waals surface area contributed by atoms with Crippen LogP contribution < -0.4 is 79.8 Å². The Morgan fingerprint density at radius 2 is 1.26 bits per heavy atom. The van der Waals surface area contributed by atoms with Crippen molar-refractivity contribution in [2.45, 2.75) is 221 Å². The maximum Gasteiger partial charge on any atom is 0.407 e. The molecule has 1 spiro atoms. The number of aryl methyl sites for hydroxylation is 1. The first-order chi connectivity index (χ1) is 58.9. The zero-order valence-corrected chi connectivity index (χ0v) is 72.0. The van der Waals surface area contributed by atoms with Gasteiger partial charge in [-0.3, -0.25) is 68.0 Å². The largest absolute Gasteiger partial charge is 0.496 e. The van der Waals surface area contributed by atoms with E-state index in [0.717, 1.165) is 42.2 Å². The number of alkyl carbamates (subject to hydrolysis) is 1. The average molecular weight is 1740 g/mol. The first-order valence-electron chi connectivity index (χ1n) is 41.3. The maximum absolute atomic E-state index is 14.7. The molecule has 1 aliphatic heterocycles. The van der Waals surface area contributed by atoms with Crippen LogP contribution in [-0.4, -0.2) is 209 Å². The van der Waals surface area contributed by atoms with Gasteiger partial charge in [0.05, 0.1) is 56.6 Å². The van der Waals surface area contributed by atoms with Crippen molar-refractivity contribution in [1.29, 1.82) is 0 Å². The molecule has 18 N–H and O–H groups in total. The van der Waals surface area contributed by atoms with Crippen LogP contribution in [0.15, 0.2) is 130 Å². The van der Waals surface area contributed by atoms with E-state index in [4.69, 9.17) is 36.1 Å². The van der Waals surface area contributed by atoms with E-state index in [-0.39, 0.29) is 81.4 Å². The minimum Gasteiger partial charge on any atom is -0.496 e. The van der Waals surface area contributed by atoms with Crippen molar-refractivity contribution in [3.05, 3.63) is 154 Å². The number of carboxylic acids is 1. The van der Waals surface area contributed by atoms with Gasteiger partial charge < -0.3 is 89.1 Å². The lowest BCUT2D eigenvalue weighted by molar-refractivity contribution is -0.159. The summed E-state index contributed by atoms with van der Waals surface area (Å²) in [5, 5.41) is 36.2. The van der Waals surface area contributed by atoms with Crippen molar-refractivity contribution in [2.75, 3.05) is 53.6 Å². The van der Waals surface area contributed by atoms with Crippen LogP contribution in [0.5, 0.6) is 5.75 Å². The van der Waals surface area contributed by atoms with Crippen molar-refractivity contribution in [3.8, 4) is 16.9 Å². The molecule has 0 unspecified atom stereocenters. The number of sulfonamides is 1. The van der Waals surface area contributed by atoms with E-state index in [0.29, 0.717) is 78.5 Å². The number of ether oxygens (including phenoxy) is 4. The van der Waals surface area contributed by atoms with Crippen LogP contribution in [0.2, 0.25) is 0 Å². The number of aliphatic imine (C=N–C) groups is 2. The number of ketones is 1. The van der Waals surface area contributed by atoms with Gasteiger partial charge in [0.25, 0.3) is 10.0 Å². The summed E-state index contributed by atoms with van der Waals surface area (Å²) in [6.07, 6.45) is 3.66. The van der Waals surface area contributed by atoms with Crippen LogP contribution in [0, 0.1) is 20.8 Å². The van der Waals surface area contributed by atoms with E-state index in [2.05, 4.69) is 67.9 Å². The molecule has 0 aromatic heterocycles. The van der Waals surface area contributed by atoms with E-state index >= 15 is 0 Å². The van der Waals surface area contributed by atoms with Gasteiger partial charge in [-0.1, -0.05) is 148 Å². The maximum atomic E-state index is 14.7. The standard InChI is InChI=1S/C59H76N8O13S.C28H40N8O7/c1-36-30-49(77-7)37(2)38(3)52(36)81(75,76)67-56(60)61-29-19-26-45(64-50(69)34-62-57(74)79-35-44-42-24-15-13-22-40(42)41-23-14-16-25-43(41)44)48(68)33-63-59(27-17-10-18-28-59)55(73)66-46(31-39-20-11-9-12-21-39)53(71)65-47(54(72)78-8)32-51(70)80-58(4,5)6;29-27(30)31-13-7-10-18-25(42)36-28(11-5-2-6-12-28)26(43)35-19(14-17-8-3-1-4-9-17)24(41)34-20(15-22(38)39)23(40)32-16-21(37)33-18/h9,11-16,20-25,30,44-47,63H,10,17-19,26-29,31-35H2,1-8H3,(H,62,74)(H,64,69)(H,65,71)(H,66,73)(H3,60,61,67);1,3-4,8-9,18-20H,2,5-7,10-16H2,(H,32,40)(H,33,37)(H,34,41)(H,35,43)(H,36,42)(H,38,39)(H4,29,30,31)/t45-,46-,47-;18-,19+,20-/m00/s1. The number of aliphatic carboxylic acids is 1. The lowest BCUT2D eigenvalue weighted by atomic mass is 9.80. The van der Waals surface area contributed by atoms with E-state index in [1.165, 1.54) is 7.11 Å². The third-order valence-corrected chi connectivity index (χ3v) is 23.4. The van der Waals surface area contributed by atoms with Crippen LogP contribution >= 0.6 is 0 Å². The Hall–Kier alpha value is -12.5. The van der Waals surface area contributed by atoms with Gasteiger partial charge in [-0.15, -0.1) is 0 Å². The fourth-order valence-electron chi connectivity index (χ4n) is 15.5. The second-order valence-electron chi connectivity index (χ2n) is 32.1. The second-order valence-corrected chi connectivity index (χ2v) is 33.8. The molecule has 0 radical (unpaired) electrons. The Bertz CT molecular complexity index is 4790. The molecule has 670 valence electrons. The molecule has 2 saturated carbocycles. The zero-order chi connectivity index (χ0) is 90.5. The molecule has 0 bridgehead atoms. The smallest absolute Gasteiger partial charge is 0.407 e. The Balaban J connectivity index is 0.000000372. The first-order valence-corrected chi connectivity index (χ1v) is 42.8. The van der Waals surface area contributed by atoms with Crippen molar-refractivity contribution >= 4 is 99.0 Å². The lowest BCUT2D eigenvalue weighted by Gasteiger charge is -2.38. The molecule has 9 rings (SSSR count). The fourth-order valence-corrected chi connectivity index (χ4v) is 16.9. The molecule has 4 aliphatic rings. The molecule has 1 saturated heterocycles. The van der Waals surface area contributed by atoms with Gasteiger partial charge in [-0.05, 0) is 149 Å². The summed E-state index contributed by atoms with van der Waals surface area (Å²) >= 11 is 0. The number of hydrogen-bond acceptors (Lipinski definition) is 22. The number of carbonyl (C=O) groups excluding carboxylic acids is 12. The van der Waals surface area contributed by atoms with Gasteiger partial charge in [0.2, 0.25) is 53.2 Å². The predicted octanol–water partition coefficient (Wildman–Crippen LogP) is 3.16. The number of nitrogens with zero attached hydrogens (tertiary/aromatic N) is 2. The number of carbonyl (C=O) groups is 13. The summed E-state index contributed by atoms with van der Waals surface area (Å²) < 4.78 is 50.8. The Morgan fingerprint density at radius 1 is 0.653 bits per heavy atom. The number of nitrogens with two attached hydrogens (primary N) is 3. The number of guanidine groups is 2. The number of Topliss-reactive ketones (excluding diaryl/α,β-unsaturated/α-hetero) is 1. The summed E-state index contributed by atoms with van der Waals surface area (Å²) in [4.78, 5) is 182. The van der Waals surface area contributed by atoms with Gasteiger partial charge in [0.1, 0.15) is 60.3 Å². The molecule has 3 aliphatic carbocycles. The molecular weight excluding hydrogens is 1620 g/mol. The normalized spacial score (nSPS) is 18.0. The average Bonchev–Trinajstić information content (AvgIpc) is 1.58. The third kappa shape index (κ3) is 28.3. The monoisotopic (exact) mass is 1740 g/mol. The number of benzene rings is 5. The summed E-state index contributed by atoms with van der Waals surface area (Å²) in [5.74, 6) is -9.51. The number of nitrogens with one attached hydrogen (secondary N) is 11. The number of rotatable bonds is 33. The molecular formula is C87H116N16O20S. The van der Waals surface area contributed by atoms with E-state index < -0.39 is 178 Å². The van der Waals surface area contributed by atoms with Crippen LogP contribution in [0.1, 0.15) is 168 Å². The molecule has 37 heteroatoms. The fraction of sp³-hybridized carbons (Fsp3) is 0.483.